The molecule has 0 aliphatic heterocycles. The zero-order valence-electron chi connectivity index (χ0n) is 12.8. The molecular weight excluding hydrogens is 364 g/mol. The molecule has 11 heteroatoms. The summed E-state index contributed by atoms with van der Waals surface area (Å²) in [5.74, 6) is 0.807. The molecule has 4 aromatic rings. The van der Waals surface area contributed by atoms with Crippen molar-refractivity contribution in [1.82, 2.24) is 24.1 Å². The van der Waals surface area contributed by atoms with E-state index in [1.165, 1.54) is 0 Å². The Kier molecular flexibility index (Phi) is 4.15. The standard InChI is InChI=1S/C14H10N6O3S2/c1-7-5-10(18-23-7)13-16-17-14(22-13)24-6-11(21)15-8-3-2-4-9-12(8)20-25-19-9/h2-5H,6H2,1H3,(H,15,21). The third-order valence-corrected chi connectivity index (χ3v) is 4.50. The molecule has 0 spiro atoms. The number of carbonyl (C=O) groups excluding carboxylic acids is 1. The summed E-state index contributed by atoms with van der Waals surface area (Å²) in [5, 5.41) is 14.7. The lowest BCUT2D eigenvalue weighted by Gasteiger charge is -2.03. The van der Waals surface area contributed by atoms with Crippen LogP contribution < -0.4 is 5.32 Å². The molecule has 0 bridgehead atoms. The normalized spacial score (nSPS) is 11.1. The summed E-state index contributed by atoms with van der Waals surface area (Å²) in [6.07, 6.45) is 0. The molecule has 25 heavy (non-hydrogen) atoms. The van der Waals surface area contributed by atoms with Gasteiger partial charge in [0.1, 0.15) is 16.8 Å². The van der Waals surface area contributed by atoms with Gasteiger partial charge in [-0.2, -0.15) is 8.75 Å². The van der Waals surface area contributed by atoms with Gasteiger partial charge in [0.25, 0.3) is 11.1 Å². The van der Waals surface area contributed by atoms with E-state index >= 15 is 0 Å². The summed E-state index contributed by atoms with van der Waals surface area (Å²) >= 11 is 2.24. The molecular formula is C14H10N6O3S2. The summed E-state index contributed by atoms with van der Waals surface area (Å²) in [4.78, 5) is 12.1. The minimum atomic E-state index is -0.206. The highest BCUT2D eigenvalue weighted by Gasteiger charge is 2.15. The third kappa shape index (κ3) is 3.37. The number of aromatic nitrogens is 5. The van der Waals surface area contributed by atoms with Crippen molar-refractivity contribution in [2.24, 2.45) is 0 Å². The maximum Gasteiger partial charge on any atom is 0.277 e. The predicted molar refractivity (Wildman–Crippen MR) is 91.3 cm³/mol. The summed E-state index contributed by atoms with van der Waals surface area (Å²) in [5.41, 5.74) is 2.51. The fraction of sp³-hybridized carbons (Fsp3) is 0.143. The van der Waals surface area contributed by atoms with Crippen LogP contribution in [0.5, 0.6) is 0 Å². The number of thioether (sulfide) groups is 1. The van der Waals surface area contributed by atoms with Gasteiger partial charge in [0.05, 0.1) is 23.2 Å². The molecule has 0 aliphatic rings. The van der Waals surface area contributed by atoms with Gasteiger partial charge in [-0.05, 0) is 19.1 Å². The van der Waals surface area contributed by atoms with E-state index in [4.69, 9.17) is 8.94 Å². The number of nitrogens with one attached hydrogen (secondary N) is 1. The lowest BCUT2D eigenvalue weighted by molar-refractivity contribution is -0.113. The number of carbonyl (C=O) groups is 1. The van der Waals surface area contributed by atoms with Crippen molar-refractivity contribution < 1.29 is 13.7 Å². The highest BCUT2D eigenvalue weighted by molar-refractivity contribution is 7.99. The van der Waals surface area contributed by atoms with Crippen LogP contribution in [-0.2, 0) is 4.79 Å². The van der Waals surface area contributed by atoms with Gasteiger partial charge in [-0.1, -0.05) is 23.0 Å². The molecule has 1 aromatic carbocycles. The van der Waals surface area contributed by atoms with Gasteiger partial charge in [0, 0.05) is 6.07 Å². The summed E-state index contributed by atoms with van der Waals surface area (Å²) in [6, 6.07) is 7.13. The first-order chi connectivity index (χ1) is 12.2. The summed E-state index contributed by atoms with van der Waals surface area (Å²) in [6.45, 7) is 1.77. The molecule has 1 N–H and O–H groups in total. The van der Waals surface area contributed by atoms with Gasteiger partial charge in [-0.25, -0.2) is 0 Å². The molecule has 4 rings (SSSR count). The van der Waals surface area contributed by atoms with E-state index in [0.717, 1.165) is 29.0 Å². The van der Waals surface area contributed by atoms with Crippen LogP contribution in [0.4, 0.5) is 5.69 Å². The van der Waals surface area contributed by atoms with Crippen LogP contribution in [0.3, 0.4) is 0 Å². The summed E-state index contributed by atoms with van der Waals surface area (Å²) < 4.78 is 18.7. The molecule has 0 unspecified atom stereocenters. The maximum absolute atomic E-state index is 12.1. The van der Waals surface area contributed by atoms with Crippen LogP contribution in [0.25, 0.3) is 22.6 Å². The highest BCUT2D eigenvalue weighted by Crippen LogP contribution is 2.24. The Bertz CT molecular complexity index is 1040. The van der Waals surface area contributed by atoms with Gasteiger partial charge >= 0.3 is 0 Å². The molecule has 9 nitrogen and oxygen atoms in total. The summed E-state index contributed by atoms with van der Waals surface area (Å²) in [7, 11) is 0. The Morgan fingerprint density at radius 3 is 3.08 bits per heavy atom. The molecule has 3 aromatic heterocycles. The molecule has 0 aliphatic carbocycles. The SMILES string of the molecule is Cc1cc(-c2nnc(SCC(=O)Nc3cccc4nsnc34)o2)no1. The first-order valence-electron chi connectivity index (χ1n) is 7.10. The third-order valence-electron chi connectivity index (χ3n) is 3.14. The fourth-order valence-corrected chi connectivity index (χ4v) is 3.17. The van der Waals surface area contributed by atoms with Gasteiger partial charge in [0.2, 0.25) is 5.91 Å². The molecule has 0 radical (unpaired) electrons. The molecule has 1 amide bonds. The monoisotopic (exact) mass is 374 g/mol. The first kappa shape index (κ1) is 15.7. The molecule has 0 saturated carbocycles. The zero-order chi connectivity index (χ0) is 17.2. The van der Waals surface area contributed by atoms with Crippen LogP contribution in [0, 0.1) is 6.92 Å². The van der Waals surface area contributed by atoms with Gasteiger partial charge in [-0.3, -0.25) is 4.79 Å². The van der Waals surface area contributed by atoms with E-state index in [1.807, 2.05) is 12.1 Å². The number of anilines is 1. The molecule has 0 saturated heterocycles. The molecule has 0 fully saturated rings. The fourth-order valence-electron chi connectivity index (χ4n) is 2.06. The Labute approximate surface area is 149 Å². The highest BCUT2D eigenvalue weighted by atomic mass is 32.2. The zero-order valence-corrected chi connectivity index (χ0v) is 14.4. The number of hydrogen-bond acceptors (Lipinski definition) is 10. The minimum absolute atomic E-state index is 0.118. The second-order valence-corrected chi connectivity index (χ2v) is 6.43. The van der Waals surface area contributed by atoms with Gasteiger partial charge in [-0.15, -0.1) is 10.2 Å². The molecule has 3 heterocycles. The van der Waals surface area contributed by atoms with Crippen LogP contribution in [0.15, 0.2) is 38.4 Å². The van der Waals surface area contributed by atoms with Crippen LogP contribution >= 0.6 is 23.5 Å². The van der Waals surface area contributed by atoms with Crippen molar-refractivity contribution in [3.8, 4) is 11.6 Å². The van der Waals surface area contributed by atoms with E-state index in [1.54, 1.807) is 19.1 Å². The number of aryl methyl sites for hydroxylation is 1. The largest absolute Gasteiger partial charge is 0.409 e. The average molecular weight is 374 g/mol. The van der Waals surface area contributed by atoms with E-state index < -0.39 is 0 Å². The number of fused-ring (bicyclic) bond motifs is 1. The van der Waals surface area contributed by atoms with Crippen LogP contribution in [0.2, 0.25) is 0 Å². The number of rotatable bonds is 5. The van der Waals surface area contributed by atoms with Crippen LogP contribution in [0.1, 0.15) is 5.76 Å². The average Bonchev–Trinajstić information content (AvgIpc) is 3.33. The van der Waals surface area contributed by atoms with Crippen molar-refractivity contribution in [3.05, 3.63) is 30.0 Å². The topological polar surface area (TPSA) is 120 Å². The Balaban J connectivity index is 1.39. The van der Waals surface area contributed by atoms with Crippen LogP contribution in [-0.4, -0.2) is 35.8 Å². The van der Waals surface area contributed by atoms with Gasteiger partial charge in [0.15, 0.2) is 5.69 Å². The van der Waals surface area contributed by atoms with Crippen molar-refractivity contribution in [1.29, 1.82) is 0 Å². The Morgan fingerprint density at radius 1 is 1.32 bits per heavy atom. The maximum atomic E-state index is 12.1. The minimum Gasteiger partial charge on any atom is -0.409 e. The molecule has 0 atom stereocenters. The smallest absolute Gasteiger partial charge is 0.277 e. The molecule has 126 valence electrons. The second kappa shape index (κ2) is 6.61. The van der Waals surface area contributed by atoms with Crippen molar-refractivity contribution in [3.63, 3.8) is 0 Å². The first-order valence-corrected chi connectivity index (χ1v) is 8.82. The number of hydrogen-bond donors (Lipinski definition) is 1. The van der Waals surface area contributed by atoms with Crippen molar-refractivity contribution in [2.45, 2.75) is 12.1 Å². The van der Waals surface area contributed by atoms with E-state index in [-0.39, 0.29) is 22.8 Å². The van der Waals surface area contributed by atoms with E-state index in [0.29, 0.717) is 22.7 Å². The lowest BCUT2D eigenvalue weighted by Crippen LogP contribution is -2.14. The number of amides is 1. The lowest BCUT2D eigenvalue weighted by atomic mass is 10.2. The van der Waals surface area contributed by atoms with E-state index in [9.17, 15) is 4.79 Å². The second-order valence-electron chi connectivity index (χ2n) is 4.97. The quantitative estimate of drug-likeness (QED) is 0.526. The number of nitrogens with zero attached hydrogens (tertiary/aromatic N) is 5. The van der Waals surface area contributed by atoms with Crippen molar-refractivity contribution in [2.75, 3.05) is 11.1 Å². The Morgan fingerprint density at radius 2 is 2.24 bits per heavy atom. The number of benzene rings is 1. The van der Waals surface area contributed by atoms with Crippen molar-refractivity contribution >= 4 is 46.1 Å². The predicted octanol–water partition coefficient (Wildman–Crippen LogP) is 2.77. The van der Waals surface area contributed by atoms with Gasteiger partial charge < -0.3 is 14.3 Å². The Hall–Kier alpha value is -2.79. The van der Waals surface area contributed by atoms with E-state index in [2.05, 4.69) is 29.4 Å².